The molecule has 0 radical (unpaired) electrons. The lowest BCUT2D eigenvalue weighted by atomic mass is 9.98. The first-order valence-corrected chi connectivity index (χ1v) is 11.5. The summed E-state index contributed by atoms with van der Waals surface area (Å²) in [5.41, 5.74) is 0.896. The number of esters is 1. The molecule has 0 aromatic heterocycles. The fraction of sp³-hybridized carbons (Fsp3) is 0.364. The van der Waals surface area contributed by atoms with E-state index in [-0.39, 0.29) is 24.6 Å². The zero-order valence-corrected chi connectivity index (χ0v) is 18.1. The molecule has 1 amide bonds. The molecule has 1 heterocycles. The van der Waals surface area contributed by atoms with Gasteiger partial charge in [-0.15, -0.1) is 0 Å². The Labute approximate surface area is 182 Å². The number of carbonyl (C=O) groups excluding carboxylic acids is 2. The summed E-state index contributed by atoms with van der Waals surface area (Å²) in [7, 11) is -1.99. The number of nitrogens with zero attached hydrogens (tertiary/aromatic N) is 1. The largest absolute Gasteiger partial charge is 0.497 e. The lowest BCUT2D eigenvalue weighted by Gasteiger charge is -2.30. The van der Waals surface area contributed by atoms with Gasteiger partial charge in [-0.25, -0.2) is 8.42 Å². The maximum absolute atomic E-state index is 12.7. The zero-order chi connectivity index (χ0) is 22.3. The lowest BCUT2D eigenvalue weighted by molar-refractivity contribution is -0.153. The second-order valence-electron chi connectivity index (χ2n) is 7.22. The Hall–Kier alpha value is -2.91. The molecule has 31 heavy (non-hydrogen) atoms. The number of hydrogen-bond acceptors (Lipinski definition) is 6. The number of methoxy groups -OCH3 is 1. The Morgan fingerprint density at radius 1 is 1.03 bits per heavy atom. The van der Waals surface area contributed by atoms with Gasteiger partial charge in [-0.3, -0.25) is 9.59 Å². The van der Waals surface area contributed by atoms with Gasteiger partial charge in [-0.2, -0.15) is 4.31 Å². The molecule has 0 bridgehead atoms. The van der Waals surface area contributed by atoms with Gasteiger partial charge in [0.15, 0.2) is 6.61 Å². The Balaban J connectivity index is 1.41. The Bertz CT molecular complexity index is 984. The van der Waals surface area contributed by atoms with E-state index in [1.54, 1.807) is 49.6 Å². The number of benzene rings is 2. The molecule has 0 saturated carbocycles. The highest BCUT2D eigenvalue weighted by atomic mass is 32.2. The zero-order valence-electron chi connectivity index (χ0n) is 17.3. The first-order valence-electron chi connectivity index (χ1n) is 10.0. The number of sulfonamides is 1. The van der Waals surface area contributed by atoms with Crippen LogP contribution in [-0.2, 0) is 30.9 Å². The van der Waals surface area contributed by atoms with Crippen LogP contribution in [0.5, 0.6) is 5.75 Å². The second kappa shape index (κ2) is 10.4. The summed E-state index contributed by atoms with van der Waals surface area (Å²) in [6.45, 7) is 0.426. The van der Waals surface area contributed by atoms with Gasteiger partial charge in [0.25, 0.3) is 5.91 Å². The molecular weight excluding hydrogens is 420 g/mol. The van der Waals surface area contributed by atoms with Crippen molar-refractivity contribution in [1.82, 2.24) is 9.62 Å². The maximum Gasteiger partial charge on any atom is 0.309 e. The SMILES string of the molecule is COc1ccc(CNC(=O)COC(=O)C2CCN(S(=O)(=O)c3ccccc3)CC2)cc1. The Kier molecular flexibility index (Phi) is 7.64. The molecule has 2 aromatic rings. The highest BCUT2D eigenvalue weighted by molar-refractivity contribution is 7.89. The smallest absolute Gasteiger partial charge is 0.309 e. The number of hydrogen-bond donors (Lipinski definition) is 1. The molecule has 8 nitrogen and oxygen atoms in total. The van der Waals surface area contributed by atoms with Crippen LogP contribution >= 0.6 is 0 Å². The summed E-state index contributed by atoms with van der Waals surface area (Å²) in [5.74, 6) is -0.562. The minimum atomic E-state index is -3.57. The van der Waals surface area contributed by atoms with Gasteiger partial charge in [-0.1, -0.05) is 30.3 Å². The van der Waals surface area contributed by atoms with E-state index < -0.39 is 27.8 Å². The number of ether oxygens (including phenoxy) is 2. The minimum Gasteiger partial charge on any atom is -0.497 e. The summed E-state index contributed by atoms with van der Waals surface area (Å²) in [6.07, 6.45) is 0.719. The van der Waals surface area contributed by atoms with Crippen molar-refractivity contribution < 1.29 is 27.5 Å². The van der Waals surface area contributed by atoms with Gasteiger partial charge in [0.2, 0.25) is 10.0 Å². The quantitative estimate of drug-likeness (QED) is 0.622. The van der Waals surface area contributed by atoms with E-state index >= 15 is 0 Å². The molecule has 0 spiro atoms. The van der Waals surface area contributed by atoms with Crippen molar-refractivity contribution in [2.75, 3.05) is 26.8 Å². The van der Waals surface area contributed by atoms with E-state index in [0.717, 1.165) is 11.3 Å². The molecule has 0 unspecified atom stereocenters. The third-order valence-electron chi connectivity index (χ3n) is 5.16. The molecule has 0 aliphatic carbocycles. The minimum absolute atomic E-state index is 0.237. The van der Waals surface area contributed by atoms with E-state index in [1.807, 2.05) is 12.1 Å². The fourth-order valence-corrected chi connectivity index (χ4v) is 4.81. The van der Waals surface area contributed by atoms with E-state index in [0.29, 0.717) is 19.4 Å². The lowest BCUT2D eigenvalue weighted by Crippen LogP contribution is -2.41. The predicted octanol–water partition coefficient (Wildman–Crippen LogP) is 1.96. The van der Waals surface area contributed by atoms with Crippen LogP contribution in [0.4, 0.5) is 0 Å². The molecule has 3 rings (SSSR count). The first-order chi connectivity index (χ1) is 14.9. The van der Waals surface area contributed by atoms with Gasteiger partial charge >= 0.3 is 5.97 Å². The van der Waals surface area contributed by atoms with E-state index in [9.17, 15) is 18.0 Å². The van der Waals surface area contributed by atoms with Crippen molar-refractivity contribution in [3.63, 3.8) is 0 Å². The van der Waals surface area contributed by atoms with Crippen LogP contribution in [0.25, 0.3) is 0 Å². The van der Waals surface area contributed by atoms with E-state index in [1.165, 1.54) is 4.31 Å². The third-order valence-corrected chi connectivity index (χ3v) is 7.08. The Morgan fingerprint density at radius 3 is 2.29 bits per heavy atom. The van der Waals surface area contributed by atoms with Gasteiger partial charge in [0, 0.05) is 19.6 Å². The normalized spacial score (nSPS) is 15.3. The summed E-state index contributed by atoms with van der Waals surface area (Å²) in [4.78, 5) is 24.5. The van der Waals surface area contributed by atoms with Crippen molar-refractivity contribution in [3.05, 3.63) is 60.2 Å². The summed E-state index contributed by atoms with van der Waals surface area (Å²) in [5, 5.41) is 2.70. The van der Waals surface area contributed by atoms with Gasteiger partial charge < -0.3 is 14.8 Å². The predicted molar refractivity (Wildman–Crippen MR) is 114 cm³/mol. The monoisotopic (exact) mass is 446 g/mol. The Morgan fingerprint density at radius 2 is 1.68 bits per heavy atom. The number of piperidine rings is 1. The van der Waals surface area contributed by atoms with Crippen LogP contribution in [0.2, 0.25) is 0 Å². The molecule has 1 aliphatic rings. The molecule has 9 heteroatoms. The molecule has 1 aliphatic heterocycles. The first kappa shape index (κ1) is 22.8. The number of rotatable bonds is 8. The maximum atomic E-state index is 12.7. The molecule has 2 aromatic carbocycles. The average molecular weight is 447 g/mol. The average Bonchev–Trinajstić information content (AvgIpc) is 2.82. The highest BCUT2D eigenvalue weighted by Gasteiger charge is 2.32. The summed E-state index contributed by atoms with van der Waals surface area (Å²) in [6, 6.07) is 15.5. The van der Waals surface area contributed by atoms with Crippen molar-refractivity contribution in [2.24, 2.45) is 5.92 Å². The summed E-state index contributed by atoms with van der Waals surface area (Å²) >= 11 is 0. The van der Waals surface area contributed by atoms with Crippen LogP contribution in [0.1, 0.15) is 18.4 Å². The van der Waals surface area contributed by atoms with Crippen LogP contribution in [0, 0.1) is 5.92 Å². The molecule has 1 fully saturated rings. The van der Waals surface area contributed by atoms with Crippen LogP contribution < -0.4 is 10.1 Å². The standard InChI is InChI=1S/C22H26N2O6S/c1-29-19-9-7-17(8-10-19)15-23-21(25)16-30-22(26)18-11-13-24(14-12-18)31(27,28)20-5-3-2-4-6-20/h2-10,18H,11-16H2,1H3,(H,23,25). The summed E-state index contributed by atoms with van der Waals surface area (Å²) < 4.78 is 36.9. The number of carbonyl (C=O) groups is 2. The second-order valence-corrected chi connectivity index (χ2v) is 9.16. The van der Waals surface area contributed by atoms with Crippen molar-refractivity contribution in [3.8, 4) is 5.75 Å². The molecular formula is C22H26N2O6S. The number of amides is 1. The molecule has 0 atom stereocenters. The van der Waals surface area contributed by atoms with Gasteiger partial charge in [-0.05, 0) is 42.7 Å². The van der Waals surface area contributed by atoms with Crippen LogP contribution in [0.3, 0.4) is 0 Å². The molecule has 1 saturated heterocycles. The van der Waals surface area contributed by atoms with Crippen LogP contribution in [-0.4, -0.2) is 51.4 Å². The third kappa shape index (κ3) is 6.05. The van der Waals surface area contributed by atoms with E-state index in [2.05, 4.69) is 5.32 Å². The highest BCUT2D eigenvalue weighted by Crippen LogP contribution is 2.24. The van der Waals surface area contributed by atoms with Crippen molar-refractivity contribution in [2.45, 2.75) is 24.3 Å². The van der Waals surface area contributed by atoms with Crippen molar-refractivity contribution in [1.29, 1.82) is 0 Å². The van der Waals surface area contributed by atoms with Crippen LogP contribution in [0.15, 0.2) is 59.5 Å². The fourth-order valence-electron chi connectivity index (χ4n) is 3.32. The molecule has 1 N–H and O–H groups in total. The van der Waals surface area contributed by atoms with Gasteiger partial charge in [0.1, 0.15) is 5.75 Å². The van der Waals surface area contributed by atoms with Crippen molar-refractivity contribution >= 4 is 21.9 Å². The topological polar surface area (TPSA) is 102 Å². The number of nitrogens with one attached hydrogen (secondary N) is 1. The van der Waals surface area contributed by atoms with Gasteiger partial charge in [0.05, 0.1) is 17.9 Å². The van der Waals surface area contributed by atoms with E-state index in [4.69, 9.17) is 9.47 Å². The molecule has 166 valence electrons.